The average Bonchev–Trinajstić information content (AvgIpc) is 3.31. The van der Waals surface area contributed by atoms with Gasteiger partial charge in [-0.25, -0.2) is 4.98 Å². The lowest BCUT2D eigenvalue weighted by Gasteiger charge is -2.27. The van der Waals surface area contributed by atoms with Gasteiger partial charge in [-0.3, -0.25) is 4.90 Å². The van der Waals surface area contributed by atoms with Crippen LogP contribution in [0.15, 0.2) is 36.4 Å². The highest BCUT2D eigenvalue weighted by Crippen LogP contribution is 2.26. The second-order valence-corrected chi connectivity index (χ2v) is 10.3. The van der Waals surface area contributed by atoms with E-state index in [4.69, 9.17) is 4.74 Å². The lowest BCUT2D eigenvalue weighted by atomic mass is 10.1. The number of ether oxygens (including phenoxy) is 1. The number of hydrogen-bond acceptors (Lipinski definition) is 8. The third-order valence-electron chi connectivity index (χ3n) is 7.31. The first-order valence-corrected chi connectivity index (χ1v) is 13.6. The summed E-state index contributed by atoms with van der Waals surface area (Å²) >= 11 is 0. The number of likely N-dealkylation sites (tertiary alicyclic amines) is 1. The van der Waals surface area contributed by atoms with Crippen LogP contribution in [0.2, 0.25) is 0 Å². The second kappa shape index (κ2) is 11.4. The highest BCUT2D eigenvalue weighted by atomic mass is 16.5. The van der Waals surface area contributed by atoms with Crippen LogP contribution in [-0.4, -0.2) is 67.5 Å². The minimum absolute atomic E-state index is 0.000685. The third-order valence-corrected chi connectivity index (χ3v) is 7.31. The largest absolute Gasteiger partial charge is 0.485 e. The van der Waals surface area contributed by atoms with Crippen LogP contribution in [0.25, 0.3) is 17.0 Å². The van der Waals surface area contributed by atoms with Crippen molar-refractivity contribution in [2.75, 3.05) is 31.6 Å². The van der Waals surface area contributed by atoms with Crippen molar-refractivity contribution in [3.05, 3.63) is 59.3 Å². The first-order chi connectivity index (χ1) is 18.4. The molecule has 1 aliphatic heterocycles. The summed E-state index contributed by atoms with van der Waals surface area (Å²) in [6.45, 7) is 11.9. The number of likely N-dealkylation sites (N-methyl/N-ethyl adjacent to an activating group) is 1. The van der Waals surface area contributed by atoms with E-state index >= 15 is 0 Å². The minimum atomic E-state index is -0.000685. The van der Waals surface area contributed by atoms with Gasteiger partial charge in [-0.2, -0.15) is 19.7 Å². The van der Waals surface area contributed by atoms with E-state index in [1.165, 1.54) is 19.3 Å². The van der Waals surface area contributed by atoms with E-state index in [1.807, 2.05) is 20.8 Å². The maximum atomic E-state index is 6.48. The highest BCUT2D eigenvalue weighted by Gasteiger charge is 2.19. The molecule has 0 bridgehead atoms. The number of aryl methyl sites for hydroxylation is 3. The number of nitrogens with zero attached hydrogens (tertiary/aromatic N) is 8. The number of fused-ring (bicyclic) bond motifs is 1. The fourth-order valence-corrected chi connectivity index (χ4v) is 5.09. The van der Waals surface area contributed by atoms with E-state index in [9.17, 15) is 0 Å². The molecule has 4 aromatic rings. The normalized spacial score (nSPS) is 15.1. The summed E-state index contributed by atoms with van der Waals surface area (Å²) < 4.78 is 8.24. The van der Waals surface area contributed by atoms with Crippen LogP contribution in [-0.2, 0) is 6.54 Å². The molecule has 0 radical (unpaired) electrons. The van der Waals surface area contributed by atoms with Gasteiger partial charge in [-0.1, -0.05) is 25.5 Å². The van der Waals surface area contributed by atoms with Crippen molar-refractivity contribution in [3.63, 3.8) is 0 Å². The molecule has 1 saturated heterocycles. The first-order valence-electron chi connectivity index (χ1n) is 13.6. The van der Waals surface area contributed by atoms with Gasteiger partial charge in [0.2, 0.25) is 0 Å². The molecule has 1 aromatic carbocycles. The second-order valence-electron chi connectivity index (χ2n) is 10.3. The van der Waals surface area contributed by atoms with Crippen molar-refractivity contribution in [3.8, 4) is 17.0 Å². The minimum Gasteiger partial charge on any atom is -0.485 e. The maximum Gasteiger partial charge on any atom is 0.253 e. The molecule has 9 nitrogen and oxygen atoms in total. The summed E-state index contributed by atoms with van der Waals surface area (Å²) in [5.74, 6) is 2.09. The Labute approximate surface area is 224 Å². The molecular weight excluding hydrogens is 476 g/mol. The molecule has 0 spiro atoms. The van der Waals surface area contributed by atoms with E-state index < -0.39 is 0 Å². The Kier molecular flexibility index (Phi) is 7.83. The van der Waals surface area contributed by atoms with E-state index in [-0.39, 0.29) is 6.10 Å². The van der Waals surface area contributed by atoms with E-state index in [0.29, 0.717) is 11.6 Å². The Morgan fingerprint density at radius 2 is 1.71 bits per heavy atom. The van der Waals surface area contributed by atoms with Gasteiger partial charge in [-0.15, -0.1) is 5.10 Å². The molecule has 0 N–H and O–H groups in total. The van der Waals surface area contributed by atoms with Gasteiger partial charge in [0.15, 0.2) is 5.75 Å². The molecule has 5 rings (SSSR count). The average molecular weight is 515 g/mol. The summed E-state index contributed by atoms with van der Waals surface area (Å²) in [5, 5.41) is 13.5. The van der Waals surface area contributed by atoms with Crippen LogP contribution in [0.5, 0.6) is 5.75 Å². The summed E-state index contributed by atoms with van der Waals surface area (Å²) in [6, 6.07) is 12.7. The fourth-order valence-electron chi connectivity index (χ4n) is 5.09. The zero-order valence-electron chi connectivity index (χ0n) is 23.2. The molecule has 0 amide bonds. The zero-order valence-corrected chi connectivity index (χ0v) is 23.2. The highest BCUT2D eigenvalue weighted by molar-refractivity contribution is 5.62. The predicted octanol–water partition coefficient (Wildman–Crippen LogP) is 4.79. The smallest absolute Gasteiger partial charge is 0.253 e. The van der Waals surface area contributed by atoms with Gasteiger partial charge in [-0.05, 0) is 77.4 Å². The number of benzene rings is 1. The lowest BCUT2D eigenvalue weighted by Crippen LogP contribution is -2.33. The number of aromatic nitrogens is 6. The van der Waals surface area contributed by atoms with Gasteiger partial charge in [0.1, 0.15) is 11.9 Å². The van der Waals surface area contributed by atoms with Crippen molar-refractivity contribution >= 4 is 11.5 Å². The van der Waals surface area contributed by atoms with Crippen molar-refractivity contribution in [1.29, 1.82) is 0 Å². The van der Waals surface area contributed by atoms with Crippen LogP contribution in [0, 0.1) is 20.8 Å². The van der Waals surface area contributed by atoms with Gasteiger partial charge in [0, 0.05) is 24.8 Å². The molecule has 1 unspecified atom stereocenters. The predicted molar refractivity (Wildman–Crippen MR) is 150 cm³/mol. The molecular formula is C29H38N8O. The van der Waals surface area contributed by atoms with Gasteiger partial charge < -0.3 is 9.64 Å². The van der Waals surface area contributed by atoms with Gasteiger partial charge >= 0.3 is 0 Å². The van der Waals surface area contributed by atoms with Gasteiger partial charge in [0.25, 0.3) is 5.78 Å². The molecule has 0 saturated carbocycles. The van der Waals surface area contributed by atoms with E-state index in [2.05, 4.69) is 85.4 Å². The topological polar surface area (TPSA) is 84.6 Å². The molecule has 3 aromatic heterocycles. The number of rotatable bonds is 9. The third kappa shape index (κ3) is 5.78. The Hall–Kier alpha value is -3.59. The number of anilines is 1. The quantitative estimate of drug-likeness (QED) is 0.315. The Bertz CT molecular complexity index is 1360. The zero-order chi connectivity index (χ0) is 26.6. The molecule has 1 aliphatic rings. The summed E-state index contributed by atoms with van der Waals surface area (Å²) in [5.41, 5.74) is 5.87. The molecule has 1 fully saturated rings. The molecule has 200 valence electrons. The Morgan fingerprint density at radius 1 is 0.947 bits per heavy atom. The van der Waals surface area contributed by atoms with Crippen LogP contribution >= 0.6 is 0 Å². The monoisotopic (exact) mass is 514 g/mol. The number of hydrogen-bond donors (Lipinski definition) is 0. The first kappa shape index (κ1) is 26.0. The summed E-state index contributed by atoms with van der Waals surface area (Å²) in [7, 11) is 2.10. The van der Waals surface area contributed by atoms with Gasteiger partial charge in [0.05, 0.1) is 29.3 Å². The van der Waals surface area contributed by atoms with E-state index in [0.717, 1.165) is 72.4 Å². The molecule has 0 aliphatic carbocycles. The van der Waals surface area contributed by atoms with Crippen LogP contribution in [0.1, 0.15) is 55.5 Å². The SMILES string of the molecule is CCC(CN(C)c1ccc(-c2ccc(CN3CCCCC3)nn2)cc1)Oc1c(C)nc2nc(C)nn2c1C. The molecule has 38 heavy (non-hydrogen) atoms. The molecule has 4 heterocycles. The van der Waals surface area contributed by atoms with E-state index in [1.54, 1.807) is 4.52 Å². The maximum absolute atomic E-state index is 6.48. The van der Waals surface area contributed by atoms with Crippen molar-refractivity contribution in [2.24, 2.45) is 0 Å². The summed E-state index contributed by atoms with van der Waals surface area (Å²) in [4.78, 5) is 13.7. The van der Waals surface area contributed by atoms with Crippen molar-refractivity contribution < 1.29 is 4.74 Å². The summed E-state index contributed by atoms with van der Waals surface area (Å²) in [6.07, 6.45) is 4.78. The fraction of sp³-hybridized carbons (Fsp3) is 0.483. The standard InChI is InChI=1S/C29H38N8O/c1-6-26(38-28-20(2)30-29-31-22(4)34-37(29)21(28)3)19-35(5)25-13-10-23(11-14-25)27-15-12-24(32-33-27)18-36-16-8-7-9-17-36/h10-15,26H,6-9,16-19H2,1-5H3. The van der Waals surface area contributed by atoms with Crippen molar-refractivity contribution in [2.45, 2.75) is 66.0 Å². The Balaban J connectivity index is 1.22. The van der Waals surface area contributed by atoms with Crippen LogP contribution < -0.4 is 9.64 Å². The molecule has 9 heteroatoms. The molecule has 1 atom stereocenters. The Morgan fingerprint density at radius 3 is 2.39 bits per heavy atom. The van der Waals surface area contributed by atoms with Crippen molar-refractivity contribution in [1.82, 2.24) is 34.7 Å². The van der Waals surface area contributed by atoms with Crippen LogP contribution in [0.3, 0.4) is 0 Å². The lowest BCUT2D eigenvalue weighted by molar-refractivity contribution is 0.198. The number of piperidine rings is 1. The van der Waals surface area contributed by atoms with Crippen LogP contribution in [0.4, 0.5) is 5.69 Å².